The number of hydrogen-bond acceptors (Lipinski definition) is 9. The van der Waals surface area contributed by atoms with Crippen LogP contribution in [0.1, 0.15) is 34.6 Å². The minimum Gasteiger partial charge on any atom is -0.622 e. The molecule has 0 aliphatic carbocycles. The van der Waals surface area contributed by atoms with Crippen molar-refractivity contribution in [1.82, 2.24) is 5.06 Å². The minimum atomic E-state index is -1.53. The van der Waals surface area contributed by atoms with Crippen LogP contribution in [0, 0.1) is 25.4 Å². The van der Waals surface area contributed by atoms with Crippen molar-refractivity contribution in [3.8, 4) is 0 Å². The van der Waals surface area contributed by atoms with Gasteiger partial charge in [0.15, 0.2) is 5.71 Å². The molecule has 0 fully saturated rings. The highest BCUT2D eigenvalue weighted by Gasteiger charge is 2.59. The van der Waals surface area contributed by atoms with Gasteiger partial charge in [0.25, 0.3) is 11.4 Å². The molecule has 1 aromatic rings. The second-order valence-corrected chi connectivity index (χ2v) is 6.80. The zero-order valence-corrected chi connectivity index (χ0v) is 15.5. The van der Waals surface area contributed by atoms with Gasteiger partial charge < -0.3 is 10.4 Å². The Kier molecular flexibility index (Phi) is 4.90. The van der Waals surface area contributed by atoms with Crippen LogP contribution in [-0.4, -0.2) is 47.5 Å². The maximum atomic E-state index is 12.6. The summed E-state index contributed by atoms with van der Waals surface area (Å²) < 4.78 is 0.623. The lowest BCUT2D eigenvalue weighted by molar-refractivity contribution is -0.561. The van der Waals surface area contributed by atoms with Gasteiger partial charge in [-0.25, -0.2) is 0 Å². The number of nitrogens with zero attached hydrogens (tertiary/aromatic N) is 5. The molecule has 2 N–H and O–H groups in total. The Morgan fingerprint density at radius 2 is 1.85 bits per heavy atom. The van der Waals surface area contributed by atoms with Crippen molar-refractivity contribution in [2.45, 2.75) is 45.8 Å². The van der Waals surface area contributed by atoms with E-state index in [1.54, 1.807) is 20.8 Å². The molecule has 27 heavy (non-hydrogen) atoms. The molecule has 0 saturated heterocycles. The normalized spacial score (nSPS) is 22.8. The quantitative estimate of drug-likeness (QED) is 0.259. The third-order valence-corrected chi connectivity index (χ3v) is 4.95. The van der Waals surface area contributed by atoms with Crippen molar-refractivity contribution in [3.63, 3.8) is 0 Å². The molecule has 1 aliphatic heterocycles. The van der Waals surface area contributed by atoms with E-state index in [-0.39, 0.29) is 11.4 Å². The third kappa shape index (κ3) is 3.08. The van der Waals surface area contributed by atoms with Crippen LogP contribution in [0.4, 0.5) is 17.1 Å². The molecule has 146 valence electrons. The predicted octanol–water partition coefficient (Wildman–Crippen LogP) is 2.46. The molecule has 0 bridgehead atoms. The summed E-state index contributed by atoms with van der Waals surface area (Å²) in [5.74, 6) is 0. The number of non-ortho nitro benzene ring substituents is 1. The standard InChI is InChI=1S/C15H20N6O6/c1-9(15(5)18(22)10(2)14(3,4)21(15)27)16-17-12-7-6-11(19(23)24)8-13(12)20(25)26/h6-8,17,27H,1-5H3. The molecule has 0 spiro atoms. The van der Waals surface area contributed by atoms with E-state index in [9.17, 15) is 30.6 Å². The fourth-order valence-corrected chi connectivity index (χ4v) is 2.79. The lowest BCUT2D eigenvalue weighted by atomic mass is 9.99. The predicted molar refractivity (Wildman–Crippen MR) is 96.9 cm³/mol. The molecule has 12 nitrogen and oxygen atoms in total. The van der Waals surface area contributed by atoms with Crippen molar-refractivity contribution in [1.29, 1.82) is 0 Å². The molecule has 1 atom stereocenters. The van der Waals surface area contributed by atoms with Gasteiger partial charge in [0.1, 0.15) is 16.9 Å². The largest absolute Gasteiger partial charge is 0.622 e. The Bertz CT molecular complexity index is 880. The Labute approximate surface area is 154 Å². The number of anilines is 1. The summed E-state index contributed by atoms with van der Waals surface area (Å²) in [6.45, 7) is 7.86. The van der Waals surface area contributed by atoms with E-state index >= 15 is 0 Å². The highest BCUT2D eigenvalue weighted by molar-refractivity contribution is 5.96. The van der Waals surface area contributed by atoms with E-state index in [0.29, 0.717) is 10.5 Å². The van der Waals surface area contributed by atoms with Crippen LogP contribution in [0.5, 0.6) is 0 Å². The van der Waals surface area contributed by atoms with Crippen LogP contribution < -0.4 is 5.43 Å². The molecule has 1 unspecified atom stereocenters. The highest BCUT2D eigenvalue weighted by Crippen LogP contribution is 2.34. The first-order valence-corrected chi connectivity index (χ1v) is 7.89. The van der Waals surface area contributed by atoms with Crippen molar-refractivity contribution < 1.29 is 19.8 Å². The van der Waals surface area contributed by atoms with Gasteiger partial charge in [-0.2, -0.15) is 9.84 Å². The minimum absolute atomic E-state index is 0.0894. The molecule has 1 aliphatic rings. The van der Waals surface area contributed by atoms with E-state index in [1.807, 2.05) is 0 Å². The van der Waals surface area contributed by atoms with Crippen LogP contribution in [0.3, 0.4) is 0 Å². The first kappa shape index (κ1) is 20.2. The highest BCUT2D eigenvalue weighted by atomic mass is 16.6. The number of nitro groups is 2. The van der Waals surface area contributed by atoms with Crippen LogP contribution in [0.25, 0.3) is 0 Å². The first-order valence-electron chi connectivity index (χ1n) is 7.89. The van der Waals surface area contributed by atoms with Gasteiger partial charge in [0.05, 0.1) is 15.9 Å². The van der Waals surface area contributed by atoms with Crippen LogP contribution in [-0.2, 0) is 0 Å². The summed E-state index contributed by atoms with van der Waals surface area (Å²) in [4.78, 5) is 20.4. The molecule has 0 radical (unpaired) electrons. The molecular formula is C15H20N6O6. The number of hydrogen-bond donors (Lipinski definition) is 2. The lowest BCUT2D eigenvalue weighted by Crippen LogP contribution is -2.57. The van der Waals surface area contributed by atoms with Crippen molar-refractivity contribution in [2.75, 3.05) is 5.43 Å². The summed E-state index contributed by atoms with van der Waals surface area (Å²) in [5, 5.41) is 49.9. The third-order valence-electron chi connectivity index (χ3n) is 4.95. The molecule has 0 aromatic heterocycles. The summed E-state index contributed by atoms with van der Waals surface area (Å²) in [5.41, 5.74) is -0.578. The van der Waals surface area contributed by atoms with E-state index in [0.717, 1.165) is 23.3 Å². The first-order chi connectivity index (χ1) is 12.3. The van der Waals surface area contributed by atoms with E-state index in [1.165, 1.54) is 13.8 Å². The van der Waals surface area contributed by atoms with Crippen molar-refractivity contribution in [2.24, 2.45) is 5.10 Å². The Balaban J connectivity index is 2.42. The number of nitrogens with one attached hydrogen (secondary N) is 1. The number of hydroxylamine groups is 3. The van der Waals surface area contributed by atoms with Crippen molar-refractivity contribution >= 4 is 28.5 Å². The molecule has 0 saturated carbocycles. The van der Waals surface area contributed by atoms with Crippen molar-refractivity contribution in [3.05, 3.63) is 43.6 Å². The summed E-state index contributed by atoms with van der Waals surface area (Å²) >= 11 is 0. The number of nitro benzene ring substituents is 2. The van der Waals surface area contributed by atoms with Gasteiger partial charge in [-0.15, -0.1) is 5.06 Å². The summed E-state index contributed by atoms with van der Waals surface area (Å²) in [7, 11) is 0. The Morgan fingerprint density at radius 1 is 1.26 bits per heavy atom. The molecule has 2 rings (SSSR count). The molecule has 1 heterocycles. The number of rotatable bonds is 5. The van der Waals surface area contributed by atoms with Crippen LogP contribution in [0.2, 0.25) is 0 Å². The smallest absolute Gasteiger partial charge is 0.301 e. The number of benzene rings is 1. The summed E-state index contributed by atoms with van der Waals surface area (Å²) in [6, 6.07) is 3.05. The van der Waals surface area contributed by atoms with Crippen LogP contribution >= 0.6 is 0 Å². The second-order valence-electron chi connectivity index (χ2n) is 6.80. The van der Waals surface area contributed by atoms with E-state index in [4.69, 9.17) is 0 Å². The topological polar surface area (TPSA) is 160 Å². The summed E-state index contributed by atoms with van der Waals surface area (Å²) in [6.07, 6.45) is 0. The fourth-order valence-electron chi connectivity index (χ4n) is 2.79. The maximum absolute atomic E-state index is 12.6. The Morgan fingerprint density at radius 3 is 2.30 bits per heavy atom. The SMILES string of the molecule is CC(=NNc1ccc([N+](=O)[O-])cc1[N+](=O)[O-])C1(C)N(O)C(C)(C)C(C)=[N+]1[O-]. The maximum Gasteiger partial charge on any atom is 0.301 e. The van der Waals surface area contributed by atoms with Crippen LogP contribution in [0.15, 0.2) is 23.3 Å². The molecule has 0 amide bonds. The van der Waals surface area contributed by atoms with Gasteiger partial charge >= 0.3 is 5.69 Å². The zero-order chi connectivity index (χ0) is 20.7. The van der Waals surface area contributed by atoms with Gasteiger partial charge in [-0.1, -0.05) is 0 Å². The van der Waals surface area contributed by atoms with E-state index < -0.39 is 32.4 Å². The monoisotopic (exact) mass is 380 g/mol. The average molecular weight is 380 g/mol. The number of hydrazone groups is 1. The van der Waals surface area contributed by atoms with Gasteiger partial charge in [-0.3, -0.25) is 25.7 Å². The zero-order valence-electron chi connectivity index (χ0n) is 15.5. The Hall–Kier alpha value is -3.12. The van der Waals surface area contributed by atoms with Gasteiger partial charge in [0.2, 0.25) is 0 Å². The van der Waals surface area contributed by atoms with E-state index in [2.05, 4.69) is 10.5 Å². The molecule has 12 heteroatoms. The lowest BCUT2D eigenvalue weighted by Gasteiger charge is -2.32. The second kappa shape index (κ2) is 6.55. The molecular weight excluding hydrogens is 360 g/mol. The van der Waals surface area contributed by atoms with Gasteiger partial charge in [0, 0.05) is 19.9 Å². The molecule has 1 aromatic carbocycles. The fraction of sp³-hybridized carbons (Fsp3) is 0.467. The average Bonchev–Trinajstić information content (AvgIpc) is 2.73. The van der Waals surface area contributed by atoms with Gasteiger partial charge in [-0.05, 0) is 26.8 Å².